The number of aryl methyl sites for hydroxylation is 1. The van der Waals surface area contributed by atoms with Crippen molar-refractivity contribution in [3.8, 4) is 11.3 Å². The van der Waals surface area contributed by atoms with Gasteiger partial charge in [-0.3, -0.25) is 4.79 Å². The number of halogens is 2. The highest BCUT2D eigenvalue weighted by atomic mass is 19.1. The van der Waals surface area contributed by atoms with Gasteiger partial charge in [0.2, 0.25) is 0 Å². The fraction of sp³-hybridized carbons (Fsp3) is 0.286. The average molecular weight is 264 g/mol. The molecule has 0 bridgehead atoms. The van der Waals surface area contributed by atoms with Crippen LogP contribution in [0.4, 0.5) is 8.78 Å². The summed E-state index contributed by atoms with van der Waals surface area (Å²) >= 11 is 0. The molecule has 1 aromatic heterocycles. The lowest BCUT2D eigenvalue weighted by Gasteiger charge is -2.08. The van der Waals surface area contributed by atoms with E-state index in [4.69, 9.17) is 0 Å². The van der Waals surface area contributed by atoms with E-state index in [0.29, 0.717) is 17.8 Å². The van der Waals surface area contributed by atoms with Gasteiger partial charge in [0.05, 0.1) is 5.69 Å². The van der Waals surface area contributed by atoms with E-state index in [1.165, 1.54) is 6.07 Å². The third-order valence-corrected chi connectivity index (χ3v) is 2.87. The predicted molar refractivity (Wildman–Crippen MR) is 68.9 cm³/mol. The number of nitrogens with one attached hydrogen (secondary N) is 1. The first-order valence-corrected chi connectivity index (χ1v) is 6.08. The maximum Gasteiger partial charge on any atom is 0.254 e. The number of benzene rings is 1. The zero-order valence-electron chi connectivity index (χ0n) is 10.8. The molecule has 19 heavy (non-hydrogen) atoms. The van der Waals surface area contributed by atoms with Crippen molar-refractivity contribution >= 4 is 0 Å². The minimum absolute atomic E-state index is 0.141. The fourth-order valence-corrected chi connectivity index (χ4v) is 1.88. The monoisotopic (exact) mass is 264 g/mol. The van der Waals surface area contributed by atoms with Crippen LogP contribution in [0.15, 0.2) is 23.0 Å². The van der Waals surface area contributed by atoms with Crippen LogP contribution in [-0.2, 0) is 6.42 Å². The van der Waals surface area contributed by atoms with Crippen LogP contribution in [0.3, 0.4) is 0 Å². The van der Waals surface area contributed by atoms with Crippen LogP contribution in [-0.4, -0.2) is 9.97 Å². The second kappa shape index (κ2) is 5.30. The summed E-state index contributed by atoms with van der Waals surface area (Å²) in [4.78, 5) is 18.7. The molecule has 0 aliphatic heterocycles. The summed E-state index contributed by atoms with van der Waals surface area (Å²) in [5.41, 5.74) is 0.439. The second-order valence-corrected chi connectivity index (χ2v) is 4.36. The summed E-state index contributed by atoms with van der Waals surface area (Å²) in [5, 5.41) is 0. The highest BCUT2D eigenvalue weighted by Crippen LogP contribution is 2.23. The average Bonchev–Trinajstić information content (AvgIpc) is 2.34. The topological polar surface area (TPSA) is 45.8 Å². The summed E-state index contributed by atoms with van der Waals surface area (Å²) in [6.45, 7) is 3.53. The molecule has 1 aromatic carbocycles. The van der Waals surface area contributed by atoms with Gasteiger partial charge in [-0.2, -0.15) is 0 Å². The maximum atomic E-state index is 13.8. The molecule has 1 heterocycles. The van der Waals surface area contributed by atoms with Gasteiger partial charge in [0.15, 0.2) is 0 Å². The fourth-order valence-electron chi connectivity index (χ4n) is 1.88. The lowest BCUT2D eigenvalue weighted by atomic mass is 10.1. The lowest BCUT2D eigenvalue weighted by Crippen LogP contribution is -2.16. The van der Waals surface area contributed by atoms with Crippen molar-refractivity contribution in [1.82, 2.24) is 9.97 Å². The highest BCUT2D eigenvalue weighted by molar-refractivity contribution is 5.63. The van der Waals surface area contributed by atoms with Gasteiger partial charge in [-0.1, -0.05) is 6.92 Å². The number of hydrogen-bond donors (Lipinski definition) is 1. The van der Waals surface area contributed by atoms with E-state index in [0.717, 1.165) is 18.6 Å². The molecular formula is C14H14F2N2O. The summed E-state index contributed by atoms with van der Waals surface area (Å²) in [7, 11) is 0. The number of aromatic amines is 1. The Bertz CT molecular complexity index is 665. The standard InChI is InChI=1S/C14H14F2N2O/c1-3-4-12-17-13(8(2)14(19)18-12)10-6-5-9(15)7-11(10)16/h5-7H,3-4H2,1-2H3,(H,17,18,19). The van der Waals surface area contributed by atoms with E-state index in [1.54, 1.807) is 6.92 Å². The summed E-state index contributed by atoms with van der Waals surface area (Å²) in [6.07, 6.45) is 1.42. The Labute approximate surface area is 109 Å². The van der Waals surface area contributed by atoms with Crippen LogP contribution in [0.5, 0.6) is 0 Å². The third-order valence-electron chi connectivity index (χ3n) is 2.87. The molecule has 0 unspecified atom stereocenters. The minimum atomic E-state index is -0.719. The van der Waals surface area contributed by atoms with Gasteiger partial charge in [0, 0.05) is 23.6 Å². The molecule has 1 N–H and O–H groups in total. The Morgan fingerprint density at radius 2 is 2.05 bits per heavy atom. The highest BCUT2D eigenvalue weighted by Gasteiger charge is 2.14. The molecule has 0 atom stereocenters. The molecule has 0 amide bonds. The van der Waals surface area contributed by atoms with Crippen LogP contribution in [0, 0.1) is 18.6 Å². The number of nitrogens with zero attached hydrogens (tertiary/aromatic N) is 1. The first-order valence-electron chi connectivity index (χ1n) is 6.08. The van der Waals surface area contributed by atoms with Crippen LogP contribution < -0.4 is 5.56 Å². The Morgan fingerprint density at radius 3 is 2.68 bits per heavy atom. The molecule has 0 spiro atoms. The van der Waals surface area contributed by atoms with Crippen LogP contribution in [0.25, 0.3) is 11.3 Å². The van der Waals surface area contributed by atoms with E-state index < -0.39 is 11.6 Å². The lowest BCUT2D eigenvalue weighted by molar-refractivity contribution is 0.585. The summed E-state index contributed by atoms with van der Waals surface area (Å²) in [6, 6.07) is 3.24. The zero-order chi connectivity index (χ0) is 14.0. The molecule has 100 valence electrons. The summed E-state index contributed by atoms with van der Waals surface area (Å²) < 4.78 is 26.7. The Morgan fingerprint density at radius 1 is 1.32 bits per heavy atom. The molecule has 2 rings (SSSR count). The van der Waals surface area contributed by atoms with Crippen LogP contribution in [0.1, 0.15) is 24.7 Å². The van der Waals surface area contributed by atoms with Gasteiger partial charge < -0.3 is 4.98 Å². The Balaban J connectivity index is 2.63. The number of H-pyrrole nitrogens is 1. The first kappa shape index (κ1) is 13.4. The van der Waals surface area contributed by atoms with Crippen molar-refractivity contribution in [1.29, 1.82) is 0 Å². The zero-order valence-corrected chi connectivity index (χ0v) is 10.8. The van der Waals surface area contributed by atoms with E-state index >= 15 is 0 Å². The van der Waals surface area contributed by atoms with Crippen molar-refractivity contribution in [3.05, 3.63) is 51.6 Å². The van der Waals surface area contributed by atoms with Gasteiger partial charge in [0.25, 0.3) is 5.56 Å². The predicted octanol–water partition coefficient (Wildman–Crippen LogP) is 2.98. The molecule has 0 radical (unpaired) electrons. The first-order chi connectivity index (χ1) is 9.02. The van der Waals surface area contributed by atoms with Gasteiger partial charge in [0.1, 0.15) is 17.5 Å². The normalized spacial score (nSPS) is 10.7. The van der Waals surface area contributed by atoms with Gasteiger partial charge in [-0.15, -0.1) is 0 Å². The third kappa shape index (κ3) is 2.70. The molecule has 2 aromatic rings. The van der Waals surface area contributed by atoms with Crippen molar-refractivity contribution in [2.45, 2.75) is 26.7 Å². The Hall–Kier alpha value is -2.04. The van der Waals surface area contributed by atoms with Gasteiger partial charge in [-0.25, -0.2) is 13.8 Å². The van der Waals surface area contributed by atoms with Crippen molar-refractivity contribution in [2.24, 2.45) is 0 Å². The number of rotatable bonds is 3. The van der Waals surface area contributed by atoms with Crippen molar-refractivity contribution in [2.75, 3.05) is 0 Å². The Kier molecular flexibility index (Phi) is 3.74. The van der Waals surface area contributed by atoms with Gasteiger partial charge in [-0.05, 0) is 25.5 Å². The smallest absolute Gasteiger partial charge is 0.254 e. The van der Waals surface area contributed by atoms with E-state index in [9.17, 15) is 13.6 Å². The number of aromatic nitrogens is 2. The van der Waals surface area contributed by atoms with E-state index in [-0.39, 0.29) is 16.8 Å². The van der Waals surface area contributed by atoms with Crippen molar-refractivity contribution < 1.29 is 8.78 Å². The molecule has 0 aliphatic rings. The molecule has 0 fully saturated rings. The molecule has 5 heteroatoms. The number of hydrogen-bond acceptors (Lipinski definition) is 2. The molecule has 3 nitrogen and oxygen atoms in total. The maximum absolute atomic E-state index is 13.8. The van der Waals surface area contributed by atoms with Crippen molar-refractivity contribution in [3.63, 3.8) is 0 Å². The molecule has 0 saturated carbocycles. The largest absolute Gasteiger partial charge is 0.310 e. The molecule has 0 aliphatic carbocycles. The second-order valence-electron chi connectivity index (χ2n) is 4.36. The summed E-state index contributed by atoms with van der Waals surface area (Å²) in [5.74, 6) is -0.863. The van der Waals surface area contributed by atoms with E-state index in [2.05, 4.69) is 9.97 Å². The molecular weight excluding hydrogens is 250 g/mol. The SMILES string of the molecule is CCCc1nc(-c2ccc(F)cc2F)c(C)c(=O)[nH]1. The quantitative estimate of drug-likeness (QED) is 0.926. The molecule has 0 saturated heterocycles. The van der Waals surface area contributed by atoms with Crippen LogP contribution >= 0.6 is 0 Å². The van der Waals surface area contributed by atoms with Crippen LogP contribution in [0.2, 0.25) is 0 Å². The van der Waals surface area contributed by atoms with E-state index in [1.807, 2.05) is 6.92 Å². The van der Waals surface area contributed by atoms with Gasteiger partial charge >= 0.3 is 0 Å². The minimum Gasteiger partial charge on any atom is -0.310 e.